The first kappa shape index (κ1) is 6.09. The highest BCUT2D eigenvalue weighted by atomic mass is 14.9. The molecule has 1 aliphatic carbocycles. The molecule has 0 aliphatic heterocycles. The Morgan fingerprint density at radius 1 is 1.75 bits per heavy atom. The summed E-state index contributed by atoms with van der Waals surface area (Å²) >= 11 is 0. The molecule has 8 heavy (non-hydrogen) atoms. The van der Waals surface area contributed by atoms with Crippen LogP contribution in [0.4, 0.5) is 0 Å². The van der Waals surface area contributed by atoms with Crippen molar-refractivity contribution >= 4 is 0 Å². The lowest BCUT2D eigenvalue weighted by molar-refractivity contribution is 0.554. The number of hydrogen-bond donors (Lipinski definition) is 1. The van der Waals surface area contributed by atoms with Crippen LogP contribution < -0.4 is 5.32 Å². The van der Waals surface area contributed by atoms with Gasteiger partial charge in [0.15, 0.2) is 0 Å². The lowest BCUT2D eigenvalue weighted by atomic mass is 10.2. The molecule has 1 atom stereocenters. The Kier molecular flexibility index (Phi) is 1.90. The average Bonchev–Trinajstić information content (AvgIpc) is 2.45. The molecular formula is C7H14N. The van der Waals surface area contributed by atoms with Crippen molar-refractivity contribution in [2.75, 3.05) is 6.54 Å². The first-order chi connectivity index (χ1) is 3.84. The summed E-state index contributed by atoms with van der Waals surface area (Å²) in [6.45, 7) is 7.16. The molecule has 1 aliphatic rings. The van der Waals surface area contributed by atoms with Gasteiger partial charge < -0.3 is 5.32 Å². The summed E-state index contributed by atoms with van der Waals surface area (Å²) < 4.78 is 0. The SMILES string of the molecule is [CH2]C(NCC)C1CC1. The van der Waals surface area contributed by atoms with Crippen LogP contribution in [0.25, 0.3) is 0 Å². The van der Waals surface area contributed by atoms with E-state index in [1.165, 1.54) is 12.8 Å². The van der Waals surface area contributed by atoms with Crippen molar-refractivity contribution in [2.45, 2.75) is 25.8 Å². The van der Waals surface area contributed by atoms with Crippen molar-refractivity contribution in [3.8, 4) is 0 Å². The summed E-state index contributed by atoms with van der Waals surface area (Å²) in [5.74, 6) is 0.898. The second-order valence-electron chi connectivity index (χ2n) is 2.50. The molecule has 1 saturated carbocycles. The van der Waals surface area contributed by atoms with Crippen LogP contribution in [0.15, 0.2) is 0 Å². The van der Waals surface area contributed by atoms with Crippen molar-refractivity contribution < 1.29 is 0 Å². The second-order valence-corrected chi connectivity index (χ2v) is 2.50. The minimum absolute atomic E-state index is 0.528. The molecule has 1 radical (unpaired) electrons. The Labute approximate surface area is 51.5 Å². The van der Waals surface area contributed by atoms with Crippen LogP contribution in [0.3, 0.4) is 0 Å². The first-order valence-electron chi connectivity index (χ1n) is 3.41. The zero-order chi connectivity index (χ0) is 5.98. The quantitative estimate of drug-likeness (QED) is 0.578. The van der Waals surface area contributed by atoms with Gasteiger partial charge in [-0.25, -0.2) is 0 Å². The van der Waals surface area contributed by atoms with E-state index >= 15 is 0 Å². The van der Waals surface area contributed by atoms with E-state index in [0.29, 0.717) is 6.04 Å². The predicted octanol–water partition coefficient (Wildman–Crippen LogP) is 1.21. The van der Waals surface area contributed by atoms with Gasteiger partial charge in [-0.2, -0.15) is 0 Å². The minimum atomic E-state index is 0.528. The van der Waals surface area contributed by atoms with E-state index in [0.717, 1.165) is 12.5 Å². The van der Waals surface area contributed by atoms with E-state index in [4.69, 9.17) is 0 Å². The molecule has 0 aromatic heterocycles. The first-order valence-corrected chi connectivity index (χ1v) is 3.41. The molecule has 0 amide bonds. The Hall–Kier alpha value is -0.0400. The van der Waals surface area contributed by atoms with Crippen molar-refractivity contribution in [1.82, 2.24) is 5.32 Å². The van der Waals surface area contributed by atoms with Crippen molar-refractivity contribution in [2.24, 2.45) is 5.92 Å². The Morgan fingerprint density at radius 2 is 2.38 bits per heavy atom. The molecule has 1 fully saturated rings. The van der Waals surface area contributed by atoms with Crippen molar-refractivity contribution in [1.29, 1.82) is 0 Å². The average molecular weight is 112 g/mol. The molecule has 0 heterocycles. The number of hydrogen-bond acceptors (Lipinski definition) is 1. The van der Waals surface area contributed by atoms with Crippen LogP contribution in [0.1, 0.15) is 19.8 Å². The summed E-state index contributed by atoms with van der Waals surface area (Å²) in [4.78, 5) is 0. The fraction of sp³-hybridized carbons (Fsp3) is 0.857. The molecule has 0 spiro atoms. The summed E-state index contributed by atoms with van der Waals surface area (Å²) in [5.41, 5.74) is 0. The molecule has 47 valence electrons. The molecular weight excluding hydrogens is 98.1 g/mol. The monoisotopic (exact) mass is 112 g/mol. The summed E-state index contributed by atoms with van der Waals surface area (Å²) in [7, 11) is 0. The smallest absolute Gasteiger partial charge is 0.00957 e. The predicted molar refractivity (Wildman–Crippen MR) is 35.5 cm³/mol. The van der Waals surface area contributed by atoms with Crippen LogP contribution >= 0.6 is 0 Å². The van der Waals surface area contributed by atoms with E-state index in [-0.39, 0.29) is 0 Å². The van der Waals surface area contributed by atoms with Crippen LogP contribution in [0.5, 0.6) is 0 Å². The van der Waals surface area contributed by atoms with Crippen molar-refractivity contribution in [3.63, 3.8) is 0 Å². The third-order valence-electron chi connectivity index (χ3n) is 1.66. The van der Waals surface area contributed by atoms with Crippen molar-refractivity contribution in [3.05, 3.63) is 6.92 Å². The second kappa shape index (κ2) is 2.49. The van der Waals surface area contributed by atoms with Crippen LogP contribution in [0, 0.1) is 12.8 Å². The van der Waals surface area contributed by atoms with E-state index in [2.05, 4.69) is 19.2 Å². The van der Waals surface area contributed by atoms with Gasteiger partial charge >= 0.3 is 0 Å². The van der Waals surface area contributed by atoms with Gasteiger partial charge in [-0.3, -0.25) is 0 Å². The van der Waals surface area contributed by atoms with Gasteiger partial charge in [0.2, 0.25) is 0 Å². The number of nitrogens with one attached hydrogen (secondary N) is 1. The third kappa shape index (κ3) is 1.48. The zero-order valence-corrected chi connectivity index (χ0v) is 5.48. The van der Waals surface area contributed by atoms with Gasteiger partial charge in [-0.15, -0.1) is 0 Å². The number of rotatable bonds is 3. The lowest BCUT2D eigenvalue weighted by Gasteiger charge is -2.08. The van der Waals surface area contributed by atoms with Gasteiger partial charge in [0.25, 0.3) is 0 Å². The molecule has 0 saturated heterocycles. The van der Waals surface area contributed by atoms with Gasteiger partial charge in [0.1, 0.15) is 0 Å². The maximum atomic E-state index is 3.98. The molecule has 0 aromatic rings. The molecule has 0 aromatic carbocycles. The molecule has 1 heteroatoms. The molecule has 0 bridgehead atoms. The van der Waals surface area contributed by atoms with Gasteiger partial charge in [0.05, 0.1) is 0 Å². The van der Waals surface area contributed by atoms with Gasteiger partial charge in [-0.1, -0.05) is 6.92 Å². The fourth-order valence-electron chi connectivity index (χ4n) is 0.927. The summed E-state index contributed by atoms with van der Waals surface area (Å²) in [6, 6.07) is 0.528. The van der Waals surface area contributed by atoms with E-state index in [1.54, 1.807) is 0 Å². The lowest BCUT2D eigenvalue weighted by Crippen LogP contribution is -2.27. The highest BCUT2D eigenvalue weighted by molar-refractivity contribution is 4.87. The normalized spacial score (nSPS) is 23.2. The maximum Gasteiger partial charge on any atom is 0.00957 e. The Morgan fingerprint density at radius 3 is 2.75 bits per heavy atom. The van der Waals surface area contributed by atoms with Gasteiger partial charge in [-0.05, 0) is 32.2 Å². The van der Waals surface area contributed by atoms with Crippen LogP contribution in [-0.4, -0.2) is 12.6 Å². The standard InChI is InChI=1S/C7H14N/c1-3-8-6(2)7-4-5-7/h6-8H,2-5H2,1H3. The molecule has 1 unspecified atom stereocenters. The summed E-state index contributed by atoms with van der Waals surface area (Å²) in [5, 5.41) is 3.30. The van der Waals surface area contributed by atoms with Crippen LogP contribution in [0.2, 0.25) is 0 Å². The van der Waals surface area contributed by atoms with E-state index in [1.807, 2.05) is 0 Å². The zero-order valence-electron chi connectivity index (χ0n) is 5.48. The Bertz CT molecular complexity index is 66.8. The highest BCUT2D eigenvalue weighted by Crippen LogP contribution is 2.31. The topological polar surface area (TPSA) is 12.0 Å². The fourth-order valence-corrected chi connectivity index (χ4v) is 0.927. The van der Waals surface area contributed by atoms with Gasteiger partial charge in [0, 0.05) is 6.04 Å². The molecule has 1 N–H and O–H groups in total. The van der Waals surface area contributed by atoms with E-state index in [9.17, 15) is 0 Å². The summed E-state index contributed by atoms with van der Waals surface area (Å²) in [6.07, 6.45) is 2.78. The Balaban J connectivity index is 2.03. The highest BCUT2D eigenvalue weighted by Gasteiger charge is 2.26. The van der Waals surface area contributed by atoms with E-state index < -0.39 is 0 Å². The van der Waals surface area contributed by atoms with Crippen LogP contribution in [-0.2, 0) is 0 Å². The minimum Gasteiger partial charge on any atom is -0.314 e. The maximum absolute atomic E-state index is 3.98. The molecule has 1 nitrogen and oxygen atoms in total. The molecule has 1 rings (SSSR count). The largest absolute Gasteiger partial charge is 0.314 e. The third-order valence-corrected chi connectivity index (χ3v) is 1.66.